The van der Waals surface area contributed by atoms with E-state index in [4.69, 9.17) is 5.73 Å². The minimum atomic E-state index is 0.155. The number of rotatable bonds is 4. The van der Waals surface area contributed by atoms with E-state index in [1.54, 1.807) is 18.5 Å². The molecule has 0 saturated heterocycles. The summed E-state index contributed by atoms with van der Waals surface area (Å²) in [6.45, 7) is 2.67. The fourth-order valence-electron chi connectivity index (χ4n) is 1.84. The third-order valence-electron chi connectivity index (χ3n) is 2.92. The molecule has 3 N–H and O–H groups in total. The van der Waals surface area contributed by atoms with E-state index in [0.717, 1.165) is 5.56 Å². The fraction of sp³-hybridized carbons (Fsp3) is 0.143. The zero-order valence-corrected chi connectivity index (χ0v) is 11.6. The molecule has 7 heteroatoms. The molecule has 0 saturated carbocycles. The Morgan fingerprint density at radius 1 is 1.14 bits per heavy atom. The van der Waals surface area contributed by atoms with Gasteiger partial charge in [-0.2, -0.15) is 20.1 Å². The third-order valence-corrected chi connectivity index (χ3v) is 2.92. The van der Waals surface area contributed by atoms with E-state index in [1.807, 2.05) is 0 Å². The van der Waals surface area contributed by atoms with Crippen LogP contribution in [0.4, 0.5) is 11.9 Å². The Morgan fingerprint density at radius 3 is 2.67 bits per heavy atom. The average Bonchev–Trinajstić information content (AvgIpc) is 3.00. The van der Waals surface area contributed by atoms with Crippen LogP contribution in [0.5, 0.6) is 0 Å². The van der Waals surface area contributed by atoms with Gasteiger partial charge in [0.15, 0.2) is 0 Å². The molecule has 0 atom stereocenters. The van der Waals surface area contributed by atoms with Gasteiger partial charge >= 0.3 is 0 Å². The van der Waals surface area contributed by atoms with Crippen molar-refractivity contribution in [1.29, 1.82) is 0 Å². The first kappa shape index (κ1) is 13.0. The lowest BCUT2D eigenvalue weighted by Gasteiger charge is -2.07. The van der Waals surface area contributed by atoms with Gasteiger partial charge in [-0.3, -0.25) is 0 Å². The number of nitrogens with one attached hydrogen (secondary N) is 1. The number of nitrogens with zero attached hydrogens (tertiary/aromatic N) is 5. The van der Waals surface area contributed by atoms with Gasteiger partial charge < -0.3 is 11.1 Å². The molecule has 0 aliphatic carbocycles. The number of hydrogen-bond donors (Lipinski definition) is 2. The monoisotopic (exact) mass is 281 g/mol. The van der Waals surface area contributed by atoms with Crippen LogP contribution < -0.4 is 11.1 Å². The zero-order valence-electron chi connectivity index (χ0n) is 11.6. The highest BCUT2D eigenvalue weighted by atomic mass is 15.4. The molecule has 21 heavy (non-hydrogen) atoms. The van der Waals surface area contributed by atoms with Gasteiger partial charge in [0.2, 0.25) is 11.9 Å². The lowest BCUT2D eigenvalue weighted by molar-refractivity contribution is 0.798. The molecule has 0 fully saturated rings. The smallest absolute Gasteiger partial charge is 0.257 e. The van der Waals surface area contributed by atoms with Gasteiger partial charge in [-0.1, -0.05) is 29.8 Å². The molecule has 0 aliphatic rings. The number of hydrogen-bond acceptors (Lipinski definition) is 6. The number of aromatic nitrogens is 5. The van der Waals surface area contributed by atoms with Crippen molar-refractivity contribution in [2.75, 3.05) is 11.1 Å². The molecule has 2 aromatic heterocycles. The summed E-state index contributed by atoms with van der Waals surface area (Å²) in [4.78, 5) is 12.4. The average molecular weight is 281 g/mol. The van der Waals surface area contributed by atoms with Crippen LogP contribution in [0.15, 0.2) is 42.7 Å². The molecular formula is C14H15N7. The van der Waals surface area contributed by atoms with E-state index >= 15 is 0 Å². The van der Waals surface area contributed by atoms with E-state index in [2.05, 4.69) is 56.6 Å². The van der Waals surface area contributed by atoms with Crippen LogP contribution in [0.2, 0.25) is 0 Å². The van der Waals surface area contributed by atoms with Crippen molar-refractivity contribution in [1.82, 2.24) is 24.7 Å². The van der Waals surface area contributed by atoms with Crippen molar-refractivity contribution in [2.45, 2.75) is 13.5 Å². The summed E-state index contributed by atoms with van der Waals surface area (Å²) < 4.78 is 1.54. The number of nitrogens with two attached hydrogens (primary N) is 1. The van der Waals surface area contributed by atoms with Gasteiger partial charge in [-0.15, -0.1) is 0 Å². The largest absolute Gasteiger partial charge is 0.368 e. The second kappa shape index (κ2) is 5.58. The topological polar surface area (TPSA) is 94.5 Å². The van der Waals surface area contributed by atoms with Crippen LogP contribution in [0.3, 0.4) is 0 Å². The molecule has 0 radical (unpaired) electrons. The van der Waals surface area contributed by atoms with E-state index < -0.39 is 0 Å². The van der Waals surface area contributed by atoms with E-state index in [-0.39, 0.29) is 5.95 Å². The summed E-state index contributed by atoms with van der Waals surface area (Å²) in [5, 5.41) is 7.22. The predicted octanol–water partition coefficient (Wildman–Crippen LogP) is 1.56. The van der Waals surface area contributed by atoms with Gasteiger partial charge in [0.1, 0.15) is 0 Å². The first-order valence-electron chi connectivity index (χ1n) is 6.52. The molecule has 3 rings (SSSR count). The standard InChI is InChI=1S/C14H15N7/c1-10-3-5-11(6-4-10)9-16-13-18-12(15)19-14(20-13)21-8-2-7-17-21/h2-8H,9H2,1H3,(H3,15,16,18,19,20). The van der Waals surface area contributed by atoms with Crippen molar-refractivity contribution in [3.63, 3.8) is 0 Å². The van der Waals surface area contributed by atoms with Crippen molar-refractivity contribution in [3.8, 4) is 5.95 Å². The van der Waals surface area contributed by atoms with Crippen molar-refractivity contribution < 1.29 is 0 Å². The van der Waals surface area contributed by atoms with Crippen LogP contribution in [0.1, 0.15) is 11.1 Å². The summed E-state index contributed by atoms with van der Waals surface area (Å²) >= 11 is 0. The molecule has 2 heterocycles. The maximum Gasteiger partial charge on any atom is 0.257 e. The molecule has 0 unspecified atom stereocenters. The summed E-state index contributed by atoms with van der Waals surface area (Å²) in [7, 11) is 0. The summed E-state index contributed by atoms with van der Waals surface area (Å²) in [6.07, 6.45) is 3.40. The summed E-state index contributed by atoms with van der Waals surface area (Å²) in [6, 6.07) is 10.0. The lowest BCUT2D eigenvalue weighted by atomic mass is 10.1. The highest BCUT2D eigenvalue weighted by Crippen LogP contribution is 2.09. The highest BCUT2D eigenvalue weighted by Gasteiger charge is 2.06. The highest BCUT2D eigenvalue weighted by molar-refractivity contribution is 5.36. The molecule has 1 aromatic carbocycles. The second-order valence-electron chi connectivity index (χ2n) is 4.61. The predicted molar refractivity (Wildman–Crippen MR) is 79.9 cm³/mol. The fourth-order valence-corrected chi connectivity index (χ4v) is 1.84. The van der Waals surface area contributed by atoms with Crippen LogP contribution in [-0.4, -0.2) is 24.7 Å². The normalized spacial score (nSPS) is 10.5. The Morgan fingerprint density at radius 2 is 1.95 bits per heavy atom. The van der Waals surface area contributed by atoms with Gasteiger partial charge in [-0.25, -0.2) is 4.68 Å². The zero-order chi connectivity index (χ0) is 14.7. The third kappa shape index (κ3) is 3.14. The molecule has 0 amide bonds. The van der Waals surface area contributed by atoms with Crippen LogP contribution in [0, 0.1) is 6.92 Å². The Labute approximate surface area is 121 Å². The van der Waals surface area contributed by atoms with Crippen molar-refractivity contribution in [3.05, 3.63) is 53.9 Å². The molecule has 3 aromatic rings. The Hall–Kier alpha value is -2.96. The van der Waals surface area contributed by atoms with Gasteiger partial charge in [0.05, 0.1) is 0 Å². The molecule has 0 bridgehead atoms. The molecule has 106 valence electrons. The summed E-state index contributed by atoms with van der Waals surface area (Å²) in [5.41, 5.74) is 8.08. The van der Waals surface area contributed by atoms with Crippen molar-refractivity contribution in [2.24, 2.45) is 0 Å². The maximum absolute atomic E-state index is 5.71. The van der Waals surface area contributed by atoms with E-state index in [9.17, 15) is 0 Å². The number of aryl methyl sites for hydroxylation is 1. The number of anilines is 2. The van der Waals surface area contributed by atoms with Crippen LogP contribution >= 0.6 is 0 Å². The molecular weight excluding hydrogens is 266 g/mol. The van der Waals surface area contributed by atoms with Gasteiger partial charge in [0, 0.05) is 18.9 Å². The molecule has 7 nitrogen and oxygen atoms in total. The van der Waals surface area contributed by atoms with Crippen LogP contribution in [0.25, 0.3) is 5.95 Å². The Balaban J connectivity index is 1.78. The first-order valence-corrected chi connectivity index (χ1v) is 6.52. The summed E-state index contributed by atoms with van der Waals surface area (Å²) in [5.74, 6) is 0.967. The number of nitrogen functional groups attached to an aromatic ring is 1. The SMILES string of the molecule is Cc1ccc(CNc2nc(N)nc(-n3cccn3)n2)cc1. The molecule has 0 spiro atoms. The Bertz CT molecular complexity index is 720. The minimum absolute atomic E-state index is 0.155. The quantitative estimate of drug-likeness (QED) is 0.753. The van der Waals surface area contributed by atoms with E-state index in [1.165, 1.54) is 10.2 Å². The molecule has 0 aliphatic heterocycles. The van der Waals surface area contributed by atoms with Crippen molar-refractivity contribution >= 4 is 11.9 Å². The second-order valence-corrected chi connectivity index (χ2v) is 4.61. The van der Waals surface area contributed by atoms with Gasteiger partial charge in [-0.05, 0) is 18.6 Å². The van der Waals surface area contributed by atoms with E-state index in [0.29, 0.717) is 18.4 Å². The van der Waals surface area contributed by atoms with Gasteiger partial charge in [0.25, 0.3) is 5.95 Å². The lowest BCUT2D eigenvalue weighted by Crippen LogP contribution is -2.11. The van der Waals surface area contributed by atoms with Crippen LogP contribution in [-0.2, 0) is 6.54 Å². The maximum atomic E-state index is 5.71. The first-order chi connectivity index (χ1) is 10.2. The number of benzene rings is 1. The Kier molecular flexibility index (Phi) is 3.46. The minimum Gasteiger partial charge on any atom is -0.368 e.